The Balaban J connectivity index is 1.36. The van der Waals surface area contributed by atoms with E-state index in [0.717, 1.165) is 47.1 Å². The van der Waals surface area contributed by atoms with Crippen molar-refractivity contribution in [3.8, 4) is 17.2 Å². The lowest BCUT2D eigenvalue weighted by molar-refractivity contribution is 0.0181. The molecule has 1 amide bonds. The number of piperidine rings is 1. The third-order valence-electron chi connectivity index (χ3n) is 6.98. The number of aryl methyl sites for hydroxylation is 1. The normalized spacial score (nSPS) is 14.9. The highest BCUT2D eigenvalue weighted by molar-refractivity contribution is 5.76. The van der Waals surface area contributed by atoms with Crippen LogP contribution in [-0.2, 0) is 11.2 Å². The van der Waals surface area contributed by atoms with E-state index in [2.05, 4.69) is 34.1 Å². The van der Waals surface area contributed by atoms with E-state index in [0.29, 0.717) is 31.4 Å². The van der Waals surface area contributed by atoms with Gasteiger partial charge in [-0.3, -0.25) is 9.89 Å². The summed E-state index contributed by atoms with van der Waals surface area (Å²) in [6, 6.07) is 16.0. The number of para-hydroxylation sites is 2. The third-order valence-corrected chi connectivity index (χ3v) is 6.98. The second-order valence-electron chi connectivity index (χ2n) is 11.0. The zero-order valence-electron chi connectivity index (χ0n) is 22.0. The molecular weight excluding hydrogens is 466 g/mol. The number of amides is 1. The van der Waals surface area contributed by atoms with E-state index < -0.39 is 5.60 Å². The highest BCUT2D eigenvalue weighted by atomic mass is 16.6. The molecule has 8 heteroatoms. The number of ether oxygens (including phenoxy) is 1. The first-order valence-electron chi connectivity index (χ1n) is 13.0. The monoisotopic (exact) mass is 501 g/mol. The first kappa shape index (κ1) is 24.9. The van der Waals surface area contributed by atoms with Crippen molar-refractivity contribution in [2.45, 2.75) is 59.0 Å². The molecule has 2 aromatic carbocycles. The lowest BCUT2D eigenvalue weighted by atomic mass is 9.90. The molecule has 37 heavy (non-hydrogen) atoms. The van der Waals surface area contributed by atoms with Gasteiger partial charge >= 0.3 is 6.09 Å². The van der Waals surface area contributed by atoms with E-state index in [4.69, 9.17) is 4.74 Å². The summed E-state index contributed by atoms with van der Waals surface area (Å²) in [4.78, 5) is 35.8. The molecule has 0 radical (unpaired) electrons. The van der Waals surface area contributed by atoms with Crippen LogP contribution in [0.1, 0.15) is 51.2 Å². The number of likely N-dealkylation sites (tertiary alicyclic amines) is 1. The van der Waals surface area contributed by atoms with Gasteiger partial charge in [0.25, 0.3) is 5.56 Å². The van der Waals surface area contributed by atoms with E-state index in [9.17, 15) is 9.59 Å². The van der Waals surface area contributed by atoms with Gasteiger partial charge in [0.05, 0.1) is 16.7 Å². The maximum Gasteiger partial charge on any atom is 0.410 e. The van der Waals surface area contributed by atoms with Crippen LogP contribution in [-0.4, -0.2) is 49.4 Å². The number of aromatic amines is 2. The predicted octanol–water partition coefficient (Wildman–Crippen LogP) is 5.60. The molecule has 0 bridgehead atoms. The summed E-state index contributed by atoms with van der Waals surface area (Å²) in [7, 11) is 0. The van der Waals surface area contributed by atoms with Crippen molar-refractivity contribution in [1.82, 2.24) is 24.6 Å². The molecule has 0 saturated carbocycles. The summed E-state index contributed by atoms with van der Waals surface area (Å²) in [5.41, 5.74) is 4.86. The summed E-state index contributed by atoms with van der Waals surface area (Å²) >= 11 is 0. The summed E-state index contributed by atoms with van der Waals surface area (Å²) in [5.74, 6) is 0.926. The van der Waals surface area contributed by atoms with Gasteiger partial charge in [-0.05, 0) is 77.0 Å². The first-order valence-corrected chi connectivity index (χ1v) is 13.0. The van der Waals surface area contributed by atoms with Gasteiger partial charge in [-0.15, -0.1) is 0 Å². The maximum atomic E-state index is 13.7. The Morgan fingerprint density at radius 3 is 2.46 bits per heavy atom. The summed E-state index contributed by atoms with van der Waals surface area (Å²) in [6.45, 7) is 9.08. The molecule has 2 N–H and O–H groups in total. The molecular formula is C29H35N5O3. The number of nitrogens with one attached hydrogen (secondary N) is 2. The highest BCUT2D eigenvalue weighted by Crippen LogP contribution is 2.27. The van der Waals surface area contributed by atoms with Gasteiger partial charge in [0.1, 0.15) is 5.60 Å². The number of benzene rings is 2. The second kappa shape index (κ2) is 9.92. The van der Waals surface area contributed by atoms with Gasteiger partial charge < -0.3 is 14.6 Å². The molecule has 0 unspecified atom stereocenters. The Labute approximate surface area is 216 Å². The first-order chi connectivity index (χ1) is 17.7. The van der Waals surface area contributed by atoms with Gasteiger partial charge in [0, 0.05) is 18.7 Å². The maximum absolute atomic E-state index is 13.7. The SMILES string of the molecule is Cc1ccc(-c2[nH]n(-c3nc4ccccc4[nH]3)c(=O)c2CCC2CCN(C(=O)OC(C)(C)C)CC2)cc1. The molecule has 3 heterocycles. The average molecular weight is 502 g/mol. The minimum Gasteiger partial charge on any atom is -0.444 e. The minimum atomic E-state index is -0.492. The van der Waals surface area contributed by atoms with Crippen LogP contribution in [0.25, 0.3) is 28.2 Å². The molecule has 0 aliphatic carbocycles. The van der Waals surface area contributed by atoms with Crippen LogP contribution in [0.4, 0.5) is 4.79 Å². The standard InChI is InChI=1S/C29H35N5O3/c1-19-9-12-21(13-10-19)25-22(14-11-20-15-17-33(18-16-20)28(36)37-29(2,3)4)26(35)34(32-25)27-30-23-7-5-6-8-24(23)31-27/h5-10,12-13,20,32H,11,14-18H2,1-4H3,(H,30,31). The number of carbonyl (C=O) groups is 1. The van der Waals surface area contributed by atoms with Gasteiger partial charge in [-0.2, -0.15) is 4.68 Å². The van der Waals surface area contributed by atoms with E-state index in [1.54, 1.807) is 4.90 Å². The number of hydrogen-bond donors (Lipinski definition) is 2. The van der Waals surface area contributed by atoms with Crippen LogP contribution in [0.15, 0.2) is 53.3 Å². The fourth-order valence-corrected chi connectivity index (χ4v) is 4.94. The lowest BCUT2D eigenvalue weighted by Crippen LogP contribution is -2.41. The molecule has 0 atom stereocenters. The number of H-pyrrole nitrogens is 2. The van der Waals surface area contributed by atoms with Gasteiger partial charge in [0.15, 0.2) is 0 Å². The second-order valence-corrected chi connectivity index (χ2v) is 11.0. The molecule has 194 valence electrons. The smallest absolute Gasteiger partial charge is 0.410 e. The van der Waals surface area contributed by atoms with E-state index in [1.165, 1.54) is 10.2 Å². The molecule has 8 nitrogen and oxygen atoms in total. The largest absolute Gasteiger partial charge is 0.444 e. The van der Waals surface area contributed by atoms with Crippen molar-refractivity contribution in [2.24, 2.45) is 5.92 Å². The quantitative estimate of drug-likeness (QED) is 0.372. The molecule has 1 aliphatic rings. The fourth-order valence-electron chi connectivity index (χ4n) is 4.94. The van der Waals surface area contributed by atoms with Crippen LogP contribution < -0.4 is 5.56 Å². The molecule has 1 fully saturated rings. The summed E-state index contributed by atoms with van der Waals surface area (Å²) in [6.07, 6.45) is 3.10. The van der Waals surface area contributed by atoms with Crippen LogP contribution in [0.5, 0.6) is 0 Å². The Morgan fingerprint density at radius 2 is 1.78 bits per heavy atom. The Morgan fingerprint density at radius 1 is 1.08 bits per heavy atom. The number of hydrogen-bond acceptors (Lipinski definition) is 4. The third kappa shape index (κ3) is 5.48. The van der Waals surface area contributed by atoms with Crippen LogP contribution in [0.3, 0.4) is 0 Å². The Kier molecular flexibility index (Phi) is 6.67. The van der Waals surface area contributed by atoms with Crippen LogP contribution in [0.2, 0.25) is 0 Å². The molecule has 2 aromatic heterocycles. The van der Waals surface area contributed by atoms with Crippen molar-refractivity contribution in [1.29, 1.82) is 0 Å². The predicted molar refractivity (Wildman–Crippen MR) is 145 cm³/mol. The topological polar surface area (TPSA) is 96.0 Å². The average Bonchev–Trinajstić information content (AvgIpc) is 3.43. The molecule has 1 aliphatic heterocycles. The van der Waals surface area contributed by atoms with Crippen molar-refractivity contribution in [3.63, 3.8) is 0 Å². The van der Waals surface area contributed by atoms with Crippen LogP contribution in [0, 0.1) is 12.8 Å². The van der Waals surface area contributed by atoms with Gasteiger partial charge in [-0.1, -0.05) is 42.0 Å². The van der Waals surface area contributed by atoms with Gasteiger partial charge in [0.2, 0.25) is 5.95 Å². The van der Waals surface area contributed by atoms with E-state index >= 15 is 0 Å². The molecule has 1 saturated heterocycles. The Hall–Kier alpha value is -3.81. The number of rotatable bonds is 5. The minimum absolute atomic E-state index is 0.0826. The molecule has 0 spiro atoms. The summed E-state index contributed by atoms with van der Waals surface area (Å²) in [5, 5.41) is 3.34. The van der Waals surface area contributed by atoms with E-state index in [-0.39, 0.29) is 11.7 Å². The zero-order chi connectivity index (χ0) is 26.2. The van der Waals surface area contributed by atoms with Crippen molar-refractivity contribution < 1.29 is 9.53 Å². The van der Waals surface area contributed by atoms with E-state index in [1.807, 2.05) is 57.2 Å². The fraction of sp³-hybridized carbons (Fsp3) is 0.414. The van der Waals surface area contributed by atoms with Crippen molar-refractivity contribution in [3.05, 3.63) is 70.0 Å². The zero-order valence-corrected chi connectivity index (χ0v) is 22.0. The number of aromatic nitrogens is 4. The number of carbonyl (C=O) groups excluding carboxylic acids is 1. The lowest BCUT2D eigenvalue weighted by Gasteiger charge is -2.33. The number of fused-ring (bicyclic) bond motifs is 1. The number of imidazole rings is 1. The summed E-state index contributed by atoms with van der Waals surface area (Å²) < 4.78 is 7.05. The molecule has 4 aromatic rings. The Bertz CT molecular complexity index is 1410. The van der Waals surface area contributed by atoms with Gasteiger partial charge in [-0.25, -0.2) is 9.78 Å². The van der Waals surface area contributed by atoms with Crippen molar-refractivity contribution in [2.75, 3.05) is 13.1 Å². The highest BCUT2D eigenvalue weighted by Gasteiger charge is 2.27. The molecule has 5 rings (SSSR count). The van der Waals surface area contributed by atoms with Crippen LogP contribution >= 0.6 is 0 Å². The van der Waals surface area contributed by atoms with Crippen molar-refractivity contribution >= 4 is 17.1 Å². The number of nitrogens with zero attached hydrogens (tertiary/aromatic N) is 3.